The van der Waals surface area contributed by atoms with Crippen molar-refractivity contribution < 1.29 is 9.59 Å². The monoisotopic (exact) mass is 544 g/mol. The van der Waals surface area contributed by atoms with Crippen LogP contribution in [0, 0.1) is 0 Å². The van der Waals surface area contributed by atoms with Gasteiger partial charge in [0.15, 0.2) is 0 Å². The van der Waals surface area contributed by atoms with Crippen LogP contribution in [0.5, 0.6) is 0 Å². The number of carbonyl (C=O) groups is 2. The zero-order valence-electron chi connectivity index (χ0n) is 17.8. The standard InChI is InChI=1S/C23H27BrCl2N2O2S/c1-4-15(2)27-23(30)16(3)28(12-18-7-10-20(25)21(26)11-18)22(29)14-31-13-17-5-8-19(24)9-6-17/h5-11,15-16H,4,12-14H2,1-3H3,(H,27,30)/t15-,16+/m0/s1. The molecule has 1 N–H and O–H groups in total. The molecule has 0 heterocycles. The fourth-order valence-electron chi connectivity index (χ4n) is 2.80. The van der Waals surface area contributed by atoms with E-state index in [0.717, 1.165) is 22.0 Å². The number of hydrogen-bond acceptors (Lipinski definition) is 3. The molecule has 2 aromatic rings. The molecule has 0 radical (unpaired) electrons. The van der Waals surface area contributed by atoms with Gasteiger partial charge in [-0.1, -0.05) is 64.3 Å². The lowest BCUT2D eigenvalue weighted by Gasteiger charge is -2.29. The molecule has 2 aromatic carbocycles. The summed E-state index contributed by atoms with van der Waals surface area (Å²) in [6.07, 6.45) is 0.822. The van der Waals surface area contributed by atoms with Gasteiger partial charge in [0.1, 0.15) is 6.04 Å². The Morgan fingerprint density at radius 3 is 2.32 bits per heavy atom. The maximum Gasteiger partial charge on any atom is 0.242 e. The highest BCUT2D eigenvalue weighted by atomic mass is 79.9. The summed E-state index contributed by atoms with van der Waals surface area (Å²) in [6, 6.07) is 12.7. The van der Waals surface area contributed by atoms with Gasteiger partial charge in [-0.15, -0.1) is 11.8 Å². The Morgan fingerprint density at radius 1 is 1.06 bits per heavy atom. The van der Waals surface area contributed by atoms with E-state index in [4.69, 9.17) is 23.2 Å². The summed E-state index contributed by atoms with van der Waals surface area (Å²) in [5.41, 5.74) is 1.96. The van der Waals surface area contributed by atoms with Crippen LogP contribution in [0.1, 0.15) is 38.3 Å². The van der Waals surface area contributed by atoms with Gasteiger partial charge in [-0.05, 0) is 55.7 Å². The fraction of sp³-hybridized carbons (Fsp3) is 0.391. The van der Waals surface area contributed by atoms with Crippen molar-refractivity contribution in [1.29, 1.82) is 0 Å². The van der Waals surface area contributed by atoms with Crippen LogP contribution < -0.4 is 5.32 Å². The maximum absolute atomic E-state index is 13.1. The highest BCUT2D eigenvalue weighted by Gasteiger charge is 2.26. The van der Waals surface area contributed by atoms with Crippen molar-refractivity contribution in [2.45, 2.75) is 51.6 Å². The number of benzene rings is 2. The normalized spacial score (nSPS) is 12.8. The molecule has 0 aliphatic heterocycles. The van der Waals surface area contributed by atoms with Gasteiger partial charge in [0.2, 0.25) is 11.8 Å². The summed E-state index contributed by atoms with van der Waals surface area (Å²) < 4.78 is 1.02. The van der Waals surface area contributed by atoms with Gasteiger partial charge in [-0.2, -0.15) is 0 Å². The van der Waals surface area contributed by atoms with Crippen molar-refractivity contribution in [3.8, 4) is 0 Å². The van der Waals surface area contributed by atoms with Crippen LogP contribution in [-0.4, -0.2) is 34.6 Å². The summed E-state index contributed by atoms with van der Waals surface area (Å²) in [5, 5.41) is 3.85. The maximum atomic E-state index is 13.1. The minimum Gasteiger partial charge on any atom is -0.352 e. The molecule has 0 bridgehead atoms. The van der Waals surface area contributed by atoms with Crippen LogP contribution in [0.2, 0.25) is 10.0 Å². The third-order valence-electron chi connectivity index (χ3n) is 4.91. The Balaban J connectivity index is 2.10. The number of nitrogens with zero attached hydrogens (tertiary/aromatic N) is 1. The average molecular weight is 546 g/mol. The van der Waals surface area contributed by atoms with Gasteiger partial charge in [0, 0.05) is 22.8 Å². The molecule has 8 heteroatoms. The molecule has 0 spiro atoms. The van der Waals surface area contributed by atoms with E-state index in [1.807, 2.05) is 44.2 Å². The predicted octanol–water partition coefficient (Wildman–Crippen LogP) is 6.32. The Kier molecular flexibility index (Phi) is 10.7. The molecule has 0 aliphatic rings. The van der Waals surface area contributed by atoms with Crippen molar-refractivity contribution >= 4 is 62.7 Å². The van der Waals surface area contributed by atoms with Crippen LogP contribution in [0.3, 0.4) is 0 Å². The van der Waals surface area contributed by atoms with Gasteiger partial charge < -0.3 is 10.2 Å². The topological polar surface area (TPSA) is 49.4 Å². The van der Waals surface area contributed by atoms with Gasteiger partial charge in [0.05, 0.1) is 15.8 Å². The molecular weight excluding hydrogens is 519 g/mol. The summed E-state index contributed by atoms with van der Waals surface area (Å²) in [4.78, 5) is 27.4. The van der Waals surface area contributed by atoms with Crippen molar-refractivity contribution in [1.82, 2.24) is 10.2 Å². The second kappa shape index (κ2) is 12.7. The van der Waals surface area contributed by atoms with Crippen LogP contribution in [0.15, 0.2) is 46.9 Å². The molecule has 31 heavy (non-hydrogen) atoms. The van der Waals surface area contributed by atoms with E-state index in [1.165, 1.54) is 11.8 Å². The number of halogens is 3. The molecule has 4 nitrogen and oxygen atoms in total. The van der Waals surface area contributed by atoms with E-state index in [0.29, 0.717) is 15.8 Å². The van der Waals surface area contributed by atoms with Gasteiger partial charge in [-0.25, -0.2) is 0 Å². The Labute approximate surface area is 207 Å². The van der Waals surface area contributed by atoms with Gasteiger partial charge >= 0.3 is 0 Å². The van der Waals surface area contributed by atoms with E-state index < -0.39 is 6.04 Å². The van der Waals surface area contributed by atoms with Crippen LogP contribution in [0.25, 0.3) is 0 Å². The highest BCUT2D eigenvalue weighted by molar-refractivity contribution is 9.10. The molecular formula is C23H27BrCl2N2O2S. The highest BCUT2D eigenvalue weighted by Crippen LogP contribution is 2.24. The van der Waals surface area contributed by atoms with E-state index in [-0.39, 0.29) is 30.2 Å². The second-order valence-corrected chi connectivity index (χ2v) is 10.1. The zero-order chi connectivity index (χ0) is 23.0. The SMILES string of the molecule is CC[C@H](C)NC(=O)[C@@H](C)N(Cc1ccc(Cl)c(Cl)c1)C(=O)CSCc1ccc(Br)cc1. The van der Waals surface area contributed by atoms with E-state index in [2.05, 4.69) is 21.2 Å². The molecule has 0 fully saturated rings. The fourth-order valence-corrected chi connectivity index (χ4v) is 4.26. The minimum atomic E-state index is -0.607. The summed E-state index contributed by atoms with van der Waals surface area (Å²) in [5.74, 6) is 0.728. The molecule has 0 aliphatic carbocycles. The zero-order valence-corrected chi connectivity index (χ0v) is 21.7. The van der Waals surface area contributed by atoms with Gasteiger partial charge in [0.25, 0.3) is 0 Å². The Bertz CT molecular complexity index is 896. The number of amides is 2. The van der Waals surface area contributed by atoms with Gasteiger partial charge in [-0.3, -0.25) is 9.59 Å². The van der Waals surface area contributed by atoms with E-state index in [9.17, 15) is 9.59 Å². The Morgan fingerprint density at radius 2 is 1.71 bits per heavy atom. The first-order valence-electron chi connectivity index (χ1n) is 10.1. The summed E-state index contributed by atoms with van der Waals surface area (Å²) in [7, 11) is 0. The first-order chi connectivity index (χ1) is 14.7. The first kappa shape index (κ1) is 26.0. The average Bonchev–Trinajstić information content (AvgIpc) is 2.75. The lowest BCUT2D eigenvalue weighted by Crippen LogP contribution is -2.50. The lowest BCUT2D eigenvalue weighted by atomic mass is 10.1. The molecule has 2 atom stereocenters. The molecule has 0 saturated carbocycles. The minimum absolute atomic E-state index is 0.0451. The van der Waals surface area contributed by atoms with Crippen LogP contribution >= 0.6 is 50.9 Å². The van der Waals surface area contributed by atoms with E-state index >= 15 is 0 Å². The number of thioether (sulfide) groups is 1. The predicted molar refractivity (Wildman–Crippen MR) is 135 cm³/mol. The van der Waals surface area contributed by atoms with Crippen molar-refractivity contribution in [3.63, 3.8) is 0 Å². The number of carbonyl (C=O) groups excluding carboxylic acids is 2. The molecule has 168 valence electrons. The van der Waals surface area contributed by atoms with E-state index in [1.54, 1.807) is 24.0 Å². The number of rotatable bonds is 10. The Hall–Kier alpha value is -1.21. The first-order valence-corrected chi connectivity index (χ1v) is 12.8. The molecule has 2 rings (SSSR count). The molecule has 0 saturated heterocycles. The summed E-state index contributed by atoms with van der Waals surface area (Å²) >= 11 is 17.1. The number of nitrogens with one attached hydrogen (secondary N) is 1. The molecule has 0 unspecified atom stereocenters. The van der Waals surface area contributed by atoms with Crippen LogP contribution in [0.4, 0.5) is 0 Å². The summed E-state index contributed by atoms with van der Waals surface area (Å²) in [6.45, 7) is 5.99. The van der Waals surface area contributed by atoms with Crippen molar-refractivity contribution in [2.75, 3.05) is 5.75 Å². The van der Waals surface area contributed by atoms with Crippen LogP contribution in [-0.2, 0) is 21.9 Å². The lowest BCUT2D eigenvalue weighted by molar-refractivity contribution is -0.138. The molecule has 0 aromatic heterocycles. The second-order valence-electron chi connectivity index (χ2n) is 7.38. The third-order valence-corrected chi connectivity index (χ3v) is 7.17. The van der Waals surface area contributed by atoms with Crippen molar-refractivity contribution in [2.24, 2.45) is 0 Å². The largest absolute Gasteiger partial charge is 0.352 e. The quantitative estimate of drug-likeness (QED) is 0.380. The molecule has 2 amide bonds. The smallest absolute Gasteiger partial charge is 0.242 e. The third kappa shape index (κ3) is 8.33. The van der Waals surface area contributed by atoms with Crippen molar-refractivity contribution in [3.05, 3.63) is 68.1 Å². The number of hydrogen-bond donors (Lipinski definition) is 1.